The molecule has 1 aliphatic heterocycles. The molecule has 0 spiro atoms. The highest BCUT2D eigenvalue weighted by atomic mass is 16.3. The fraction of sp³-hybridized carbons (Fsp3) is 0.381. The van der Waals surface area contributed by atoms with Crippen LogP contribution in [0.5, 0.6) is 5.75 Å². The topological polar surface area (TPSA) is 40.5 Å². The summed E-state index contributed by atoms with van der Waals surface area (Å²) in [4.78, 5) is 14.9. The zero-order valence-electron chi connectivity index (χ0n) is 14.7. The van der Waals surface area contributed by atoms with E-state index in [-0.39, 0.29) is 5.91 Å². The fourth-order valence-electron chi connectivity index (χ4n) is 3.87. The lowest BCUT2D eigenvalue weighted by molar-refractivity contribution is 0.0711. The summed E-state index contributed by atoms with van der Waals surface area (Å²) >= 11 is 0. The highest BCUT2D eigenvalue weighted by molar-refractivity contribution is 5.97. The van der Waals surface area contributed by atoms with E-state index in [4.69, 9.17) is 0 Å². The Bertz CT molecular complexity index is 735. The molecule has 126 valence electrons. The number of carbonyl (C=O) groups is 1. The molecule has 0 unspecified atom stereocenters. The zero-order chi connectivity index (χ0) is 17.3. The summed E-state index contributed by atoms with van der Waals surface area (Å²) in [6.07, 6.45) is 1.89. The van der Waals surface area contributed by atoms with Crippen molar-refractivity contribution in [2.75, 3.05) is 13.1 Å². The van der Waals surface area contributed by atoms with E-state index in [1.165, 1.54) is 11.1 Å². The van der Waals surface area contributed by atoms with E-state index in [1.54, 1.807) is 6.07 Å². The number of phenols is 1. The minimum absolute atomic E-state index is 0.152. The Morgan fingerprint density at radius 1 is 1.04 bits per heavy atom. The van der Waals surface area contributed by atoms with Crippen LogP contribution < -0.4 is 0 Å². The quantitative estimate of drug-likeness (QED) is 0.893. The molecule has 1 amide bonds. The Balaban J connectivity index is 1.72. The number of hydrogen-bond donors (Lipinski definition) is 1. The summed E-state index contributed by atoms with van der Waals surface area (Å²) < 4.78 is 0. The second-order valence-corrected chi connectivity index (χ2v) is 6.94. The van der Waals surface area contributed by atoms with Crippen LogP contribution in [0.1, 0.15) is 51.4 Å². The number of phenolic OH excluding ortho intramolecular Hbond substituents is 1. The minimum atomic E-state index is 0.152. The van der Waals surface area contributed by atoms with Crippen LogP contribution in [0.2, 0.25) is 0 Å². The number of aromatic hydroxyl groups is 1. The molecule has 1 saturated heterocycles. The number of amides is 1. The number of benzene rings is 2. The van der Waals surface area contributed by atoms with Crippen molar-refractivity contribution in [2.45, 2.75) is 39.5 Å². The SMILES string of the molecule is Cc1cc(C)c(C(=O)N2CCC(c3cccc(O)c3)CC2)c(C)c1. The van der Waals surface area contributed by atoms with Crippen LogP contribution >= 0.6 is 0 Å². The number of rotatable bonds is 2. The van der Waals surface area contributed by atoms with E-state index in [0.717, 1.165) is 42.6 Å². The number of likely N-dealkylation sites (tertiary alicyclic amines) is 1. The summed E-state index contributed by atoms with van der Waals surface area (Å²) in [5, 5.41) is 9.65. The van der Waals surface area contributed by atoms with Crippen molar-refractivity contribution < 1.29 is 9.90 Å². The van der Waals surface area contributed by atoms with Gasteiger partial charge in [-0.2, -0.15) is 0 Å². The monoisotopic (exact) mass is 323 g/mol. The maximum atomic E-state index is 12.9. The van der Waals surface area contributed by atoms with Crippen molar-refractivity contribution in [1.29, 1.82) is 0 Å². The summed E-state index contributed by atoms with van der Waals surface area (Å²) in [5.41, 5.74) is 5.35. The lowest BCUT2D eigenvalue weighted by atomic mass is 9.88. The molecule has 3 rings (SSSR count). The van der Waals surface area contributed by atoms with Gasteiger partial charge in [-0.25, -0.2) is 0 Å². The predicted octanol–water partition coefficient (Wildman–Crippen LogP) is 4.34. The third kappa shape index (κ3) is 3.30. The Labute approximate surface area is 143 Å². The van der Waals surface area contributed by atoms with Gasteiger partial charge in [0.05, 0.1) is 0 Å². The summed E-state index contributed by atoms with van der Waals surface area (Å²) in [5.74, 6) is 0.887. The summed E-state index contributed by atoms with van der Waals surface area (Å²) in [7, 11) is 0. The van der Waals surface area contributed by atoms with Gasteiger partial charge >= 0.3 is 0 Å². The largest absolute Gasteiger partial charge is 0.508 e. The molecule has 1 fully saturated rings. The van der Waals surface area contributed by atoms with Crippen LogP contribution in [-0.2, 0) is 0 Å². The van der Waals surface area contributed by atoms with Crippen molar-refractivity contribution in [3.8, 4) is 5.75 Å². The first-order valence-electron chi connectivity index (χ1n) is 8.62. The fourth-order valence-corrected chi connectivity index (χ4v) is 3.87. The van der Waals surface area contributed by atoms with Crippen LogP contribution in [0.4, 0.5) is 0 Å². The number of aryl methyl sites for hydroxylation is 3. The molecule has 24 heavy (non-hydrogen) atoms. The normalized spacial score (nSPS) is 15.5. The lowest BCUT2D eigenvalue weighted by Gasteiger charge is -2.33. The number of piperidine rings is 1. The molecule has 0 aromatic heterocycles. The van der Waals surface area contributed by atoms with Crippen LogP contribution in [0.3, 0.4) is 0 Å². The summed E-state index contributed by atoms with van der Waals surface area (Å²) in [6, 6.07) is 11.7. The van der Waals surface area contributed by atoms with Gasteiger partial charge in [0.2, 0.25) is 0 Å². The Morgan fingerprint density at radius 3 is 2.25 bits per heavy atom. The average molecular weight is 323 g/mol. The lowest BCUT2D eigenvalue weighted by Crippen LogP contribution is -2.38. The summed E-state index contributed by atoms with van der Waals surface area (Å²) in [6.45, 7) is 7.65. The molecule has 2 aromatic carbocycles. The molecule has 1 N–H and O–H groups in total. The van der Waals surface area contributed by atoms with Gasteiger partial charge < -0.3 is 10.0 Å². The second-order valence-electron chi connectivity index (χ2n) is 6.94. The van der Waals surface area contributed by atoms with E-state index >= 15 is 0 Å². The molecular weight excluding hydrogens is 298 g/mol. The molecule has 1 heterocycles. The molecule has 0 aliphatic carbocycles. The molecular formula is C21H25NO2. The first kappa shape index (κ1) is 16.6. The third-order valence-corrected chi connectivity index (χ3v) is 5.01. The Kier molecular flexibility index (Phi) is 4.61. The standard InChI is InChI=1S/C21H25NO2/c1-14-11-15(2)20(16(3)12-14)21(24)22-9-7-17(8-10-22)18-5-4-6-19(23)13-18/h4-6,11-13,17,23H,7-10H2,1-3H3. The minimum Gasteiger partial charge on any atom is -0.508 e. The van der Waals surface area contributed by atoms with E-state index in [9.17, 15) is 9.90 Å². The molecule has 3 nitrogen and oxygen atoms in total. The Morgan fingerprint density at radius 2 is 1.67 bits per heavy atom. The van der Waals surface area contributed by atoms with Crippen molar-refractivity contribution in [1.82, 2.24) is 4.90 Å². The highest BCUT2D eigenvalue weighted by Gasteiger charge is 2.26. The van der Waals surface area contributed by atoms with Crippen molar-refractivity contribution in [3.63, 3.8) is 0 Å². The smallest absolute Gasteiger partial charge is 0.254 e. The van der Waals surface area contributed by atoms with Gasteiger partial charge in [-0.05, 0) is 68.4 Å². The van der Waals surface area contributed by atoms with Crippen LogP contribution in [-0.4, -0.2) is 29.0 Å². The van der Waals surface area contributed by atoms with Crippen LogP contribution in [0.15, 0.2) is 36.4 Å². The van der Waals surface area contributed by atoms with Crippen molar-refractivity contribution >= 4 is 5.91 Å². The molecule has 0 atom stereocenters. The molecule has 0 radical (unpaired) electrons. The third-order valence-electron chi connectivity index (χ3n) is 5.01. The van der Waals surface area contributed by atoms with Gasteiger partial charge in [0.15, 0.2) is 0 Å². The number of carbonyl (C=O) groups excluding carboxylic acids is 1. The molecule has 2 aromatic rings. The van der Waals surface area contributed by atoms with Gasteiger partial charge in [0, 0.05) is 18.7 Å². The van der Waals surface area contributed by atoms with E-state index in [1.807, 2.05) is 30.9 Å². The van der Waals surface area contributed by atoms with E-state index < -0.39 is 0 Å². The van der Waals surface area contributed by atoms with Gasteiger partial charge in [0.1, 0.15) is 5.75 Å². The maximum Gasteiger partial charge on any atom is 0.254 e. The molecule has 3 heteroatoms. The predicted molar refractivity (Wildman–Crippen MR) is 96.6 cm³/mol. The first-order valence-corrected chi connectivity index (χ1v) is 8.62. The molecule has 1 aliphatic rings. The highest BCUT2D eigenvalue weighted by Crippen LogP contribution is 2.31. The van der Waals surface area contributed by atoms with Crippen LogP contribution in [0.25, 0.3) is 0 Å². The average Bonchev–Trinajstić information content (AvgIpc) is 2.54. The van der Waals surface area contributed by atoms with Gasteiger partial charge in [-0.15, -0.1) is 0 Å². The van der Waals surface area contributed by atoms with Crippen molar-refractivity contribution in [2.24, 2.45) is 0 Å². The van der Waals surface area contributed by atoms with E-state index in [2.05, 4.69) is 25.1 Å². The maximum absolute atomic E-state index is 12.9. The second kappa shape index (κ2) is 6.68. The molecule has 0 bridgehead atoms. The zero-order valence-corrected chi connectivity index (χ0v) is 14.7. The van der Waals surface area contributed by atoms with Gasteiger partial charge in [-0.1, -0.05) is 29.8 Å². The van der Waals surface area contributed by atoms with Gasteiger partial charge in [-0.3, -0.25) is 4.79 Å². The van der Waals surface area contributed by atoms with Gasteiger partial charge in [0.25, 0.3) is 5.91 Å². The molecule has 0 saturated carbocycles. The van der Waals surface area contributed by atoms with Crippen LogP contribution in [0, 0.1) is 20.8 Å². The number of hydrogen-bond acceptors (Lipinski definition) is 2. The van der Waals surface area contributed by atoms with E-state index in [0.29, 0.717) is 11.7 Å². The number of nitrogens with zero attached hydrogens (tertiary/aromatic N) is 1. The first-order chi connectivity index (χ1) is 11.5. The Hall–Kier alpha value is -2.29. The van der Waals surface area contributed by atoms with Crippen molar-refractivity contribution in [3.05, 3.63) is 64.2 Å².